The lowest BCUT2D eigenvalue weighted by Gasteiger charge is -2.18. The van der Waals surface area contributed by atoms with E-state index in [0.717, 1.165) is 23.8 Å². The molecule has 0 spiro atoms. The number of aromatic nitrogens is 4. The van der Waals surface area contributed by atoms with Crippen LogP contribution in [0.4, 0.5) is 4.39 Å². The number of nitrogens with one attached hydrogen (secondary N) is 1. The zero-order valence-corrected chi connectivity index (χ0v) is 15.9. The Morgan fingerprint density at radius 2 is 2.12 bits per heavy atom. The summed E-state index contributed by atoms with van der Waals surface area (Å²) in [4.78, 5) is 21.3. The first-order valence-electron chi connectivity index (χ1n) is 8.38. The maximum atomic E-state index is 13.9. The molecule has 3 aromatic rings. The number of carbonyl (C=O) groups is 1. The van der Waals surface area contributed by atoms with Gasteiger partial charge in [0.2, 0.25) is 5.82 Å². The van der Waals surface area contributed by atoms with Crippen LogP contribution >= 0.6 is 15.9 Å². The van der Waals surface area contributed by atoms with E-state index in [0.29, 0.717) is 10.1 Å². The number of nitrogens with zero attached hydrogens (tertiary/aromatic N) is 4. The highest BCUT2D eigenvalue weighted by atomic mass is 79.9. The summed E-state index contributed by atoms with van der Waals surface area (Å²) in [5.74, 6) is -0.630. The minimum absolute atomic E-state index is 0.0868. The molecule has 1 fully saturated rings. The molecule has 26 heavy (non-hydrogen) atoms. The first kappa shape index (κ1) is 17.1. The maximum absolute atomic E-state index is 13.9. The minimum Gasteiger partial charge on any atom is -0.340 e. The van der Waals surface area contributed by atoms with Gasteiger partial charge >= 0.3 is 0 Å². The van der Waals surface area contributed by atoms with Crippen molar-refractivity contribution in [1.82, 2.24) is 25.1 Å². The molecule has 4 rings (SSSR count). The van der Waals surface area contributed by atoms with E-state index in [1.165, 1.54) is 6.07 Å². The summed E-state index contributed by atoms with van der Waals surface area (Å²) in [5.41, 5.74) is 0.828. The lowest BCUT2D eigenvalue weighted by atomic mass is 10.0. The van der Waals surface area contributed by atoms with E-state index in [9.17, 15) is 9.18 Å². The fourth-order valence-electron chi connectivity index (χ4n) is 3.00. The molecule has 2 aromatic heterocycles. The second kappa shape index (κ2) is 6.12. The Hall–Kier alpha value is -2.35. The van der Waals surface area contributed by atoms with Gasteiger partial charge in [-0.2, -0.15) is 5.10 Å². The van der Waals surface area contributed by atoms with E-state index >= 15 is 0 Å². The van der Waals surface area contributed by atoms with Crippen molar-refractivity contribution < 1.29 is 9.18 Å². The Morgan fingerprint density at radius 3 is 2.77 bits per heavy atom. The van der Waals surface area contributed by atoms with Crippen molar-refractivity contribution in [3.05, 3.63) is 52.3 Å². The highest BCUT2D eigenvalue weighted by Gasteiger charge is 2.46. The second-order valence-corrected chi connectivity index (χ2v) is 7.67. The number of hydrogen-bond acceptors (Lipinski definition) is 4. The molecular formula is C18H17BrFN5O. The second-order valence-electron chi connectivity index (χ2n) is 6.82. The SMILES string of the molecule is CC(C)n1ncc2cnc(C(=O)NC3(c4ccc(Br)c(F)c4)CC3)nc21. The standard InChI is InChI=1S/C18H17BrFN5O/c1-10(2)25-16-11(9-22-25)8-21-15(23-16)17(26)24-18(5-6-18)12-3-4-13(19)14(20)7-12/h3-4,7-10H,5-6H2,1-2H3,(H,24,26). The van der Waals surface area contributed by atoms with Gasteiger partial charge < -0.3 is 5.32 Å². The number of fused-ring (bicyclic) bond motifs is 1. The first-order chi connectivity index (χ1) is 12.4. The fraction of sp³-hybridized carbons (Fsp3) is 0.333. The molecule has 0 bridgehead atoms. The molecule has 1 aliphatic carbocycles. The number of carbonyl (C=O) groups excluding carboxylic acids is 1. The van der Waals surface area contributed by atoms with Crippen LogP contribution in [0.2, 0.25) is 0 Å². The molecule has 8 heteroatoms. The van der Waals surface area contributed by atoms with Gasteiger partial charge in [0.25, 0.3) is 5.91 Å². The van der Waals surface area contributed by atoms with Crippen LogP contribution in [0.5, 0.6) is 0 Å². The molecule has 1 N–H and O–H groups in total. The summed E-state index contributed by atoms with van der Waals surface area (Å²) in [7, 11) is 0. The molecule has 0 radical (unpaired) electrons. The highest BCUT2D eigenvalue weighted by Crippen LogP contribution is 2.46. The van der Waals surface area contributed by atoms with Gasteiger partial charge in [-0.15, -0.1) is 0 Å². The molecule has 1 amide bonds. The van der Waals surface area contributed by atoms with Gasteiger partial charge in [0, 0.05) is 12.2 Å². The van der Waals surface area contributed by atoms with Crippen molar-refractivity contribution >= 4 is 32.9 Å². The molecule has 6 nitrogen and oxygen atoms in total. The van der Waals surface area contributed by atoms with E-state index in [1.807, 2.05) is 19.9 Å². The first-order valence-corrected chi connectivity index (χ1v) is 9.17. The van der Waals surface area contributed by atoms with Crippen molar-refractivity contribution in [1.29, 1.82) is 0 Å². The predicted molar refractivity (Wildman–Crippen MR) is 98.2 cm³/mol. The Labute approximate surface area is 158 Å². The number of benzene rings is 1. The van der Waals surface area contributed by atoms with Gasteiger partial charge in [0.05, 0.1) is 21.6 Å². The average molecular weight is 418 g/mol. The summed E-state index contributed by atoms with van der Waals surface area (Å²) in [6.07, 6.45) is 4.80. The number of amides is 1. The van der Waals surface area contributed by atoms with E-state index in [4.69, 9.17) is 0 Å². The fourth-order valence-corrected chi connectivity index (χ4v) is 3.25. The highest BCUT2D eigenvalue weighted by molar-refractivity contribution is 9.10. The molecular weight excluding hydrogens is 401 g/mol. The molecule has 0 aliphatic heterocycles. The van der Waals surface area contributed by atoms with Gasteiger partial charge in [0.15, 0.2) is 5.65 Å². The summed E-state index contributed by atoms with van der Waals surface area (Å²) in [6, 6.07) is 5.05. The average Bonchev–Trinajstić information content (AvgIpc) is 3.26. The van der Waals surface area contributed by atoms with Crippen LogP contribution in [-0.4, -0.2) is 25.7 Å². The molecule has 0 atom stereocenters. The van der Waals surface area contributed by atoms with E-state index in [1.54, 1.807) is 23.1 Å². The number of halogens is 2. The van der Waals surface area contributed by atoms with Gasteiger partial charge in [-0.1, -0.05) is 6.07 Å². The lowest BCUT2D eigenvalue weighted by molar-refractivity contribution is 0.0920. The van der Waals surface area contributed by atoms with Crippen LogP contribution in [-0.2, 0) is 5.54 Å². The number of hydrogen-bond donors (Lipinski definition) is 1. The zero-order chi connectivity index (χ0) is 18.5. The monoisotopic (exact) mass is 417 g/mol. The van der Waals surface area contributed by atoms with E-state index < -0.39 is 5.54 Å². The van der Waals surface area contributed by atoms with E-state index in [2.05, 4.69) is 36.3 Å². The molecule has 2 heterocycles. The van der Waals surface area contributed by atoms with E-state index in [-0.39, 0.29) is 23.6 Å². The third kappa shape index (κ3) is 2.88. The lowest BCUT2D eigenvalue weighted by Crippen LogP contribution is -2.36. The maximum Gasteiger partial charge on any atom is 0.289 e. The Kier molecular flexibility index (Phi) is 4.02. The number of rotatable bonds is 4. The largest absolute Gasteiger partial charge is 0.340 e. The van der Waals surface area contributed by atoms with Gasteiger partial charge in [-0.25, -0.2) is 19.0 Å². The molecule has 1 saturated carbocycles. The van der Waals surface area contributed by atoms with Crippen LogP contribution in [0, 0.1) is 5.82 Å². The smallest absolute Gasteiger partial charge is 0.289 e. The minimum atomic E-state index is -0.546. The third-order valence-electron chi connectivity index (χ3n) is 4.60. The third-order valence-corrected chi connectivity index (χ3v) is 5.24. The van der Waals surface area contributed by atoms with Gasteiger partial charge in [-0.3, -0.25) is 4.79 Å². The molecule has 134 valence electrons. The summed E-state index contributed by atoms with van der Waals surface area (Å²) in [5, 5.41) is 8.04. The van der Waals surface area contributed by atoms with Crippen LogP contribution in [0.25, 0.3) is 11.0 Å². The van der Waals surface area contributed by atoms with Crippen LogP contribution in [0.15, 0.2) is 35.1 Å². The Balaban J connectivity index is 1.63. The van der Waals surface area contributed by atoms with Crippen molar-refractivity contribution in [2.24, 2.45) is 0 Å². The molecule has 1 aliphatic rings. The Morgan fingerprint density at radius 1 is 1.35 bits per heavy atom. The molecule has 0 unspecified atom stereocenters. The van der Waals surface area contributed by atoms with Crippen LogP contribution in [0.3, 0.4) is 0 Å². The summed E-state index contributed by atoms with van der Waals surface area (Å²) < 4.78 is 16.0. The van der Waals surface area contributed by atoms with Gasteiger partial charge in [0.1, 0.15) is 5.82 Å². The van der Waals surface area contributed by atoms with Crippen molar-refractivity contribution in [2.45, 2.75) is 38.3 Å². The van der Waals surface area contributed by atoms with Crippen molar-refractivity contribution in [2.75, 3.05) is 0 Å². The zero-order valence-electron chi connectivity index (χ0n) is 14.3. The Bertz CT molecular complexity index is 1010. The van der Waals surface area contributed by atoms with Gasteiger partial charge in [-0.05, 0) is 60.3 Å². The van der Waals surface area contributed by atoms with Crippen molar-refractivity contribution in [3.8, 4) is 0 Å². The molecule has 0 saturated heterocycles. The van der Waals surface area contributed by atoms with Crippen LogP contribution in [0.1, 0.15) is 48.9 Å². The van der Waals surface area contributed by atoms with Crippen LogP contribution < -0.4 is 5.32 Å². The summed E-state index contributed by atoms with van der Waals surface area (Å²) >= 11 is 3.15. The molecule has 1 aromatic carbocycles. The topological polar surface area (TPSA) is 72.7 Å². The quantitative estimate of drug-likeness (QED) is 0.701. The summed E-state index contributed by atoms with van der Waals surface area (Å²) in [6.45, 7) is 3.99. The normalized spacial score (nSPS) is 15.4. The van der Waals surface area contributed by atoms with Crippen molar-refractivity contribution in [3.63, 3.8) is 0 Å². The predicted octanol–water partition coefficient (Wildman–Crippen LogP) is 3.73.